The number of hydrogen-bond donors (Lipinski definition) is 0. The van der Waals surface area contributed by atoms with Crippen molar-refractivity contribution in [1.82, 2.24) is 15.2 Å². The van der Waals surface area contributed by atoms with Gasteiger partial charge in [0.1, 0.15) is 5.69 Å². The average Bonchev–Trinajstić information content (AvgIpc) is 3.09. The quantitative estimate of drug-likeness (QED) is 0.566. The molecule has 4 bridgehead atoms. The molecule has 0 N–H and O–H groups in total. The van der Waals surface area contributed by atoms with Crippen molar-refractivity contribution < 1.29 is 4.42 Å². The molecule has 4 heteroatoms. The van der Waals surface area contributed by atoms with E-state index in [1.54, 1.807) is 0 Å². The first-order chi connectivity index (χ1) is 13.3. The van der Waals surface area contributed by atoms with Crippen molar-refractivity contribution in [3.63, 3.8) is 0 Å². The fourth-order valence-electron chi connectivity index (χ4n) is 7.59. The van der Waals surface area contributed by atoms with Crippen molar-refractivity contribution in [1.29, 1.82) is 0 Å². The van der Waals surface area contributed by atoms with Crippen LogP contribution < -0.4 is 0 Å². The Morgan fingerprint density at radius 1 is 0.929 bits per heavy atom. The lowest BCUT2D eigenvalue weighted by atomic mass is 9.40. The van der Waals surface area contributed by atoms with E-state index < -0.39 is 0 Å². The van der Waals surface area contributed by atoms with Crippen LogP contribution in [0.5, 0.6) is 0 Å². The number of hydrogen-bond acceptors (Lipinski definition) is 4. The molecule has 0 aliphatic heterocycles. The Hall–Kier alpha value is -2.23. The molecule has 0 amide bonds. The molecule has 4 aliphatic rings. The summed E-state index contributed by atoms with van der Waals surface area (Å²) in [7, 11) is 0. The van der Waals surface area contributed by atoms with Gasteiger partial charge in [0.2, 0.25) is 5.89 Å². The fraction of sp³-hybridized carbons (Fsp3) is 0.542. The molecule has 2 atom stereocenters. The highest BCUT2D eigenvalue weighted by atomic mass is 16.4. The van der Waals surface area contributed by atoms with Crippen LogP contribution in [0.1, 0.15) is 63.8 Å². The molecule has 4 aliphatic carbocycles. The monoisotopic (exact) mass is 373 g/mol. The highest BCUT2D eigenvalue weighted by molar-refractivity contribution is 5.81. The number of aromatic nitrogens is 3. The minimum atomic E-state index is 0.0716. The normalized spacial score (nSPS) is 36.3. The Kier molecular flexibility index (Phi) is 3.11. The molecule has 144 valence electrons. The second kappa shape index (κ2) is 5.22. The van der Waals surface area contributed by atoms with Crippen LogP contribution in [0.4, 0.5) is 0 Å². The molecule has 2 heterocycles. The number of rotatable bonds is 2. The largest absolute Gasteiger partial charge is 0.419 e. The van der Waals surface area contributed by atoms with Gasteiger partial charge in [-0.15, -0.1) is 10.2 Å². The number of benzene rings is 1. The zero-order valence-corrected chi connectivity index (χ0v) is 17.0. The molecule has 2 unspecified atom stereocenters. The van der Waals surface area contributed by atoms with E-state index in [1.807, 2.05) is 6.07 Å². The lowest BCUT2D eigenvalue weighted by Crippen LogP contribution is -2.57. The topological polar surface area (TPSA) is 51.8 Å². The van der Waals surface area contributed by atoms with Gasteiger partial charge >= 0.3 is 0 Å². The number of aryl methyl sites for hydroxylation is 1. The Labute approximate surface area is 165 Å². The van der Waals surface area contributed by atoms with Gasteiger partial charge in [-0.2, -0.15) is 0 Å². The maximum atomic E-state index is 6.33. The summed E-state index contributed by atoms with van der Waals surface area (Å²) in [6.07, 6.45) is 7.69. The summed E-state index contributed by atoms with van der Waals surface area (Å²) in [6, 6.07) is 10.4. The highest BCUT2D eigenvalue weighted by Crippen LogP contribution is 2.69. The molecule has 0 radical (unpaired) electrons. The van der Waals surface area contributed by atoms with Gasteiger partial charge < -0.3 is 4.42 Å². The number of fused-ring (bicyclic) bond motifs is 1. The van der Waals surface area contributed by atoms with Crippen molar-refractivity contribution >= 4 is 10.9 Å². The van der Waals surface area contributed by atoms with Crippen molar-refractivity contribution in [3.8, 4) is 11.6 Å². The van der Waals surface area contributed by atoms with Gasteiger partial charge in [-0.25, -0.2) is 4.98 Å². The molecule has 4 fully saturated rings. The molecule has 4 nitrogen and oxygen atoms in total. The third-order valence-electron chi connectivity index (χ3n) is 7.57. The lowest BCUT2D eigenvalue weighted by molar-refractivity contribution is -0.117. The smallest absolute Gasteiger partial charge is 0.266 e. The molecule has 7 rings (SSSR count). The first-order valence-corrected chi connectivity index (χ1v) is 10.6. The van der Waals surface area contributed by atoms with E-state index in [1.165, 1.54) is 44.1 Å². The lowest BCUT2D eigenvalue weighted by Gasteiger charge is -2.64. The molecule has 2 aromatic heterocycles. The predicted octanol–water partition coefficient (Wildman–Crippen LogP) is 5.84. The molecule has 0 spiro atoms. The van der Waals surface area contributed by atoms with Crippen LogP contribution in [0.25, 0.3) is 22.5 Å². The molecular weight excluding hydrogens is 346 g/mol. The summed E-state index contributed by atoms with van der Waals surface area (Å²) in [4.78, 5) is 4.78. The first-order valence-electron chi connectivity index (χ1n) is 10.6. The molecule has 4 saturated carbocycles. The molecule has 28 heavy (non-hydrogen) atoms. The summed E-state index contributed by atoms with van der Waals surface area (Å²) in [5.41, 5.74) is 3.92. The van der Waals surface area contributed by atoms with Crippen LogP contribution in [0.2, 0.25) is 0 Å². The first kappa shape index (κ1) is 16.7. The second-order valence-electron chi connectivity index (χ2n) is 10.7. The van der Waals surface area contributed by atoms with Crippen LogP contribution in [-0.2, 0) is 5.41 Å². The maximum absolute atomic E-state index is 6.33. The summed E-state index contributed by atoms with van der Waals surface area (Å²) in [5, 5.41) is 10.2. The van der Waals surface area contributed by atoms with Gasteiger partial charge in [0.25, 0.3) is 5.89 Å². The van der Waals surface area contributed by atoms with E-state index in [0.29, 0.717) is 16.7 Å². The SMILES string of the molecule is Cc1ccc2nc(-c3nnc(C45CC6CC(C)(CC(C)(C6)C4)C5)o3)ccc2c1. The van der Waals surface area contributed by atoms with Crippen molar-refractivity contribution in [2.75, 3.05) is 0 Å². The maximum Gasteiger partial charge on any atom is 0.266 e. The van der Waals surface area contributed by atoms with E-state index in [4.69, 9.17) is 9.40 Å². The van der Waals surface area contributed by atoms with Crippen molar-refractivity contribution in [2.24, 2.45) is 16.7 Å². The van der Waals surface area contributed by atoms with E-state index in [9.17, 15) is 0 Å². The van der Waals surface area contributed by atoms with Gasteiger partial charge in [0, 0.05) is 10.8 Å². The van der Waals surface area contributed by atoms with Crippen LogP contribution in [-0.4, -0.2) is 15.2 Å². The number of pyridine rings is 1. The Morgan fingerprint density at radius 2 is 1.71 bits per heavy atom. The van der Waals surface area contributed by atoms with Gasteiger partial charge in [-0.05, 0) is 80.4 Å². The molecular formula is C24H27N3O. The van der Waals surface area contributed by atoms with E-state index in [2.05, 4.69) is 55.2 Å². The minimum absolute atomic E-state index is 0.0716. The van der Waals surface area contributed by atoms with Crippen LogP contribution in [0, 0.1) is 23.7 Å². The average molecular weight is 374 g/mol. The zero-order valence-electron chi connectivity index (χ0n) is 17.0. The van der Waals surface area contributed by atoms with Crippen LogP contribution in [0.3, 0.4) is 0 Å². The zero-order chi connectivity index (χ0) is 19.1. The Balaban J connectivity index is 1.39. The van der Waals surface area contributed by atoms with E-state index in [0.717, 1.165) is 28.4 Å². The van der Waals surface area contributed by atoms with Crippen LogP contribution >= 0.6 is 0 Å². The van der Waals surface area contributed by atoms with Crippen molar-refractivity contribution in [2.45, 2.75) is 64.7 Å². The van der Waals surface area contributed by atoms with Gasteiger partial charge in [0.15, 0.2) is 0 Å². The minimum Gasteiger partial charge on any atom is -0.419 e. The Bertz CT molecular complexity index is 1080. The molecule has 1 aromatic carbocycles. The second-order valence-corrected chi connectivity index (χ2v) is 10.7. The standard InChI is InChI=1S/C24H27N3O/c1-15-4-6-18-17(8-15)5-7-19(25-18)20-26-27-21(28-20)24-11-16-9-22(2,13-24)12-23(3,10-16)14-24/h4-8,16H,9-14H2,1-3H3. The van der Waals surface area contributed by atoms with Gasteiger partial charge in [0.05, 0.1) is 5.52 Å². The van der Waals surface area contributed by atoms with Gasteiger partial charge in [-0.1, -0.05) is 31.5 Å². The fourth-order valence-corrected chi connectivity index (χ4v) is 7.59. The summed E-state index contributed by atoms with van der Waals surface area (Å²) in [6.45, 7) is 7.06. The Morgan fingerprint density at radius 3 is 2.46 bits per heavy atom. The summed E-state index contributed by atoms with van der Waals surface area (Å²) < 4.78 is 6.33. The van der Waals surface area contributed by atoms with Crippen molar-refractivity contribution in [3.05, 3.63) is 41.8 Å². The van der Waals surface area contributed by atoms with E-state index in [-0.39, 0.29) is 5.41 Å². The third kappa shape index (κ3) is 2.39. The molecule has 3 aromatic rings. The van der Waals surface area contributed by atoms with Crippen LogP contribution in [0.15, 0.2) is 34.7 Å². The van der Waals surface area contributed by atoms with Gasteiger partial charge in [-0.3, -0.25) is 0 Å². The third-order valence-corrected chi connectivity index (χ3v) is 7.57. The predicted molar refractivity (Wildman–Crippen MR) is 109 cm³/mol. The summed E-state index contributed by atoms with van der Waals surface area (Å²) >= 11 is 0. The molecule has 0 saturated heterocycles. The number of nitrogens with zero attached hydrogens (tertiary/aromatic N) is 3. The highest BCUT2D eigenvalue weighted by Gasteiger charge is 2.62. The van der Waals surface area contributed by atoms with E-state index >= 15 is 0 Å². The summed E-state index contributed by atoms with van der Waals surface area (Å²) in [5.74, 6) is 2.22.